The van der Waals surface area contributed by atoms with Crippen molar-refractivity contribution in [2.45, 2.75) is 71.4 Å². The van der Waals surface area contributed by atoms with Crippen molar-refractivity contribution in [2.75, 3.05) is 6.54 Å². The molecule has 2 N–H and O–H groups in total. The number of carbonyl (C=O) groups is 1. The zero-order valence-electron chi connectivity index (χ0n) is 11.6. The maximum absolute atomic E-state index is 12.1. The SMILES string of the molecule is CCCC(CCC)C(=O)NC1CCC(C)NC1. The van der Waals surface area contributed by atoms with E-state index in [0.717, 1.165) is 45.1 Å². The Kier molecular flexibility index (Phi) is 6.56. The van der Waals surface area contributed by atoms with Crippen molar-refractivity contribution in [3.63, 3.8) is 0 Å². The Morgan fingerprint density at radius 1 is 1.29 bits per heavy atom. The molecule has 0 aliphatic carbocycles. The van der Waals surface area contributed by atoms with Crippen LogP contribution >= 0.6 is 0 Å². The van der Waals surface area contributed by atoms with Gasteiger partial charge >= 0.3 is 0 Å². The molecule has 0 radical (unpaired) electrons. The van der Waals surface area contributed by atoms with Crippen LogP contribution in [0, 0.1) is 5.92 Å². The summed E-state index contributed by atoms with van der Waals surface area (Å²) in [6, 6.07) is 0.945. The van der Waals surface area contributed by atoms with E-state index in [2.05, 4.69) is 31.4 Å². The fourth-order valence-corrected chi connectivity index (χ4v) is 2.54. The van der Waals surface area contributed by atoms with Crippen molar-refractivity contribution in [2.24, 2.45) is 5.92 Å². The third kappa shape index (κ3) is 5.07. The molecule has 2 atom stereocenters. The molecule has 0 saturated carbocycles. The zero-order valence-corrected chi connectivity index (χ0v) is 11.6. The van der Waals surface area contributed by atoms with E-state index in [0.29, 0.717) is 12.1 Å². The minimum Gasteiger partial charge on any atom is -0.352 e. The summed E-state index contributed by atoms with van der Waals surface area (Å²) in [6.07, 6.45) is 6.52. The molecule has 1 aliphatic rings. The standard InChI is InChI=1S/C14H28N2O/c1-4-6-12(7-5-2)14(17)16-13-9-8-11(3)15-10-13/h11-13,15H,4-10H2,1-3H3,(H,16,17). The maximum Gasteiger partial charge on any atom is 0.223 e. The molecular weight excluding hydrogens is 212 g/mol. The Morgan fingerprint density at radius 3 is 2.41 bits per heavy atom. The summed E-state index contributed by atoms with van der Waals surface area (Å²) in [4.78, 5) is 12.1. The maximum atomic E-state index is 12.1. The van der Waals surface area contributed by atoms with Crippen LogP contribution in [0.2, 0.25) is 0 Å². The van der Waals surface area contributed by atoms with Gasteiger partial charge in [0, 0.05) is 24.5 Å². The summed E-state index contributed by atoms with van der Waals surface area (Å²) < 4.78 is 0. The number of hydrogen-bond acceptors (Lipinski definition) is 2. The summed E-state index contributed by atoms with van der Waals surface area (Å²) in [7, 11) is 0. The molecule has 1 amide bonds. The average molecular weight is 240 g/mol. The molecule has 100 valence electrons. The lowest BCUT2D eigenvalue weighted by Gasteiger charge is -2.29. The van der Waals surface area contributed by atoms with Gasteiger partial charge in [-0.25, -0.2) is 0 Å². The molecule has 1 fully saturated rings. The van der Waals surface area contributed by atoms with E-state index in [9.17, 15) is 4.79 Å². The zero-order chi connectivity index (χ0) is 12.7. The van der Waals surface area contributed by atoms with Gasteiger partial charge in [0.05, 0.1) is 0 Å². The number of amides is 1. The van der Waals surface area contributed by atoms with Crippen molar-refractivity contribution in [1.82, 2.24) is 10.6 Å². The first-order chi connectivity index (χ1) is 8.17. The smallest absolute Gasteiger partial charge is 0.223 e. The van der Waals surface area contributed by atoms with E-state index in [1.165, 1.54) is 0 Å². The summed E-state index contributed by atoms with van der Waals surface area (Å²) in [6.45, 7) is 7.44. The Bertz CT molecular complexity index is 216. The Hall–Kier alpha value is -0.570. The first-order valence-electron chi connectivity index (χ1n) is 7.21. The second-order valence-corrected chi connectivity index (χ2v) is 5.37. The Balaban J connectivity index is 2.35. The summed E-state index contributed by atoms with van der Waals surface area (Å²) in [5.41, 5.74) is 0. The largest absolute Gasteiger partial charge is 0.352 e. The van der Waals surface area contributed by atoms with Crippen molar-refractivity contribution in [3.8, 4) is 0 Å². The predicted octanol–water partition coefficient (Wildman–Crippen LogP) is 2.46. The summed E-state index contributed by atoms with van der Waals surface area (Å²) >= 11 is 0. The molecule has 1 heterocycles. The molecule has 0 spiro atoms. The van der Waals surface area contributed by atoms with Crippen LogP contribution in [0.1, 0.15) is 59.3 Å². The van der Waals surface area contributed by atoms with Crippen LogP contribution < -0.4 is 10.6 Å². The van der Waals surface area contributed by atoms with E-state index >= 15 is 0 Å². The molecule has 0 aromatic carbocycles. The number of piperidine rings is 1. The minimum atomic E-state index is 0.226. The molecule has 1 aliphatic heterocycles. The first-order valence-corrected chi connectivity index (χ1v) is 7.21. The second-order valence-electron chi connectivity index (χ2n) is 5.37. The van der Waals surface area contributed by atoms with Crippen LogP contribution in [0.4, 0.5) is 0 Å². The van der Waals surface area contributed by atoms with E-state index in [1.807, 2.05) is 0 Å². The van der Waals surface area contributed by atoms with Crippen molar-refractivity contribution in [3.05, 3.63) is 0 Å². The highest BCUT2D eigenvalue weighted by Gasteiger charge is 2.22. The van der Waals surface area contributed by atoms with Crippen molar-refractivity contribution >= 4 is 5.91 Å². The quantitative estimate of drug-likeness (QED) is 0.749. The summed E-state index contributed by atoms with van der Waals surface area (Å²) in [5.74, 6) is 0.499. The lowest BCUT2D eigenvalue weighted by atomic mass is 9.95. The summed E-state index contributed by atoms with van der Waals surface area (Å²) in [5, 5.41) is 6.63. The van der Waals surface area contributed by atoms with Gasteiger partial charge in [-0.2, -0.15) is 0 Å². The third-order valence-corrected chi connectivity index (χ3v) is 3.65. The number of carbonyl (C=O) groups excluding carboxylic acids is 1. The highest BCUT2D eigenvalue weighted by molar-refractivity contribution is 5.78. The van der Waals surface area contributed by atoms with E-state index in [4.69, 9.17) is 0 Å². The van der Waals surface area contributed by atoms with Crippen molar-refractivity contribution in [1.29, 1.82) is 0 Å². The number of hydrogen-bond donors (Lipinski definition) is 2. The second kappa shape index (κ2) is 7.70. The van der Waals surface area contributed by atoms with Crippen molar-refractivity contribution < 1.29 is 4.79 Å². The molecular formula is C14H28N2O. The Labute approximate surface area is 106 Å². The van der Waals surface area contributed by atoms with Crippen LogP contribution in [-0.4, -0.2) is 24.5 Å². The Morgan fingerprint density at radius 2 is 1.94 bits per heavy atom. The molecule has 1 saturated heterocycles. The van der Waals surface area contributed by atoms with Gasteiger partial charge in [-0.3, -0.25) is 4.79 Å². The lowest BCUT2D eigenvalue weighted by Crippen LogP contribution is -2.50. The molecule has 0 bridgehead atoms. The number of rotatable bonds is 6. The fraction of sp³-hybridized carbons (Fsp3) is 0.929. The molecule has 17 heavy (non-hydrogen) atoms. The van der Waals surface area contributed by atoms with Crippen LogP contribution in [0.25, 0.3) is 0 Å². The van der Waals surface area contributed by atoms with Gasteiger partial charge in [-0.05, 0) is 32.6 Å². The van der Waals surface area contributed by atoms with Gasteiger partial charge in [0.2, 0.25) is 5.91 Å². The van der Waals surface area contributed by atoms with E-state index in [-0.39, 0.29) is 11.8 Å². The molecule has 0 aromatic rings. The van der Waals surface area contributed by atoms with Crippen LogP contribution in [0.15, 0.2) is 0 Å². The van der Waals surface area contributed by atoms with Crippen LogP contribution in [0.3, 0.4) is 0 Å². The average Bonchev–Trinajstić information content (AvgIpc) is 2.32. The van der Waals surface area contributed by atoms with Crippen LogP contribution in [-0.2, 0) is 4.79 Å². The highest BCUT2D eigenvalue weighted by Crippen LogP contribution is 2.15. The van der Waals surface area contributed by atoms with Gasteiger partial charge in [-0.1, -0.05) is 26.7 Å². The van der Waals surface area contributed by atoms with Gasteiger partial charge in [0.15, 0.2) is 0 Å². The van der Waals surface area contributed by atoms with Gasteiger partial charge in [0.1, 0.15) is 0 Å². The molecule has 0 aromatic heterocycles. The monoisotopic (exact) mass is 240 g/mol. The fourth-order valence-electron chi connectivity index (χ4n) is 2.54. The van der Waals surface area contributed by atoms with Gasteiger partial charge < -0.3 is 10.6 Å². The molecule has 3 heteroatoms. The van der Waals surface area contributed by atoms with E-state index in [1.54, 1.807) is 0 Å². The van der Waals surface area contributed by atoms with Gasteiger partial charge in [-0.15, -0.1) is 0 Å². The first kappa shape index (κ1) is 14.5. The predicted molar refractivity (Wildman–Crippen MR) is 71.9 cm³/mol. The lowest BCUT2D eigenvalue weighted by molar-refractivity contribution is -0.126. The topological polar surface area (TPSA) is 41.1 Å². The highest BCUT2D eigenvalue weighted by atomic mass is 16.1. The third-order valence-electron chi connectivity index (χ3n) is 3.65. The minimum absolute atomic E-state index is 0.226. The molecule has 3 nitrogen and oxygen atoms in total. The molecule has 1 rings (SSSR count). The van der Waals surface area contributed by atoms with Gasteiger partial charge in [0.25, 0.3) is 0 Å². The van der Waals surface area contributed by atoms with Crippen LogP contribution in [0.5, 0.6) is 0 Å². The normalized spacial score (nSPS) is 24.9. The molecule has 2 unspecified atom stereocenters. The number of nitrogens with one attached hydrogen (secondary N) is 2. The van der Waals surface area contributed by atoms with E-state index < -0.39 is 0 Å².